The molecule has 0 aromatic rings. The van der Waals surface area contributed by atoms with Crippen molar-refractivity contribution in [1.29, 1.82) is 0 Å². The fourth-order valence-electron chi connectivity index (χ4n) is 2.75. The van der Waals surface area contributed by atoms with Crippen molar-refractivity contribution in [1.82, 2.24) is 10.6 Å². The predicted molar refractivity (Wildman–Crippen MR) is 76.4 cm³/mol. The Kier molecular flexibility index (Phi) is 5.64. The maximum atomic E-state index is 12.5. The molecule has 1 heterocycles. The lowest BCUT2D eigenvalue weighted by Gasteiger charge is -2.37. The number of rotatable bonds is 5. The summed E-state index contributed by atoms with van der Waals surface area (Å²) in [6.07, 6.45) is 3.34. The highest BCUT2D eigenvalue weighted by atomic mass is 16.2. The third-order valence-electron chi connectivity index (χ3n) is 4.46. The van der Waals surface area contributed by atoms with E-state index in [2.05, 4.69) is 45.3 Å². The molecule has 18 heavy (non-hydrogen) atoms. The van der Waals surface area contributed by atoms with Gasteiger partial charge in [-0.3, -0.25) is 4.79 Å². The summed E-state index contributed by atoms with van der Waals surface area (Å²) in [5, 5.41) is 6.64. The first-order valence-corrected chi connectivity index (χ1v) is 7.41. The molecule has 0 bridgehead atoms. The lowest BCUT2D eigenvalue weighted by atomic mass is 9.74. The van der Waals surface area contributed by atoms with Gasteiger partial charge in [-0.2, -0.15) is 0 Å². The second kappa shape index (κ2) is 6.55. The van der Waals surface area contributed by atoms with Gasteiger partial charge in [0, 0.05) is 11.5 Å². The highest BCUT2D eigenvalue weighted by molar-refractivity contribution is 5.82. The largest absolute Gasteiger partial charge is 0.353 e. The zero-order valence-electron chi connectivity index (χ0n) is 12.7. The van der Waals surface area contributed by atoms with Gasteiger partial charge < -0.3 is 10.6 Å². The minimum atomic E-state index is -0.268. The molecule has 3 heteroatoms. The van der Waals surface area contributed by atoms with Crippen molar-refractivity contribution in [2.45, 2.75) is 59.9 Å². The standard InChI is InChI=1S/C15H30N2O/c1-6-13(11(2)3)17-14(18)15(4,5)12-8-7-9-16-10-12/h11-13,16H,6-10H2,1-5H3,(H,17,18). The second-order valence-corrected chi connectivity index (χ2v) is 6.50. The number of nitrogens with one attached hydrogen (secondary N) is 2. The fourth-order valence-corrected chi connectivity index (χ4v) is 2.75. The Morgan fingerprint density at radius 3 is 2.56 bits per heavy atom. The molecule has 2 unspecified atom stereocenters. The van der Waals surface area contributed by atoms with Gasteiger partial charge >= 0.3 is 0 Å². The molecular formula is C15H30N2O. The Morgan fingerprint density at radius 1 is 1.44 bits per heavy atom. The maximum Gasteiger partial charge on any atom is 0.226 e. The van der Waals surface area contributed by atoms with Crippen molar-refractivity contribution in [3.8, 4) is 0 Å². The van der Waals surface area contributed by atoms with Crippen LogP contribution < -0.4 is 10.6 Å². The summed E-state index contributed by atoms with van der Waals surface area (Å²) in [5.74, 6) is 1.17. The van der Waals surface area contributed by atoms with Gasteiger partial charge in [0.1, 0.15) is 0 Å². The van der Waals surface area contributed by atoms with Crippen LogP contribution in [0, 0.1) is 17.3 Å². The minimum absolute atomic E-state index is 0.219. The van der Waals surface area contributed by atoms with Crippen molar-refractivity contribution in [2.24, 2.45) is 17.3 Å². The number of piperidine rings is 1. The summed E-state index contributed by atoms with van der Waals surface area (Å²) in [5.41, 5.74) is -0.268. The summed E-state index contributed by atoms with van der Waals surface area (Å²) in [7, 11) is 0. The predicted octanol–water partition coefficient (Wildman–Crippen LogP) is 2.56. The molecule has 0 aromatic carbocycles. The maximum absolute atomic E-state index is 12.5. The quantitative estimate of drug-likeness (QED) is 0.791. The molecule has 1 aliphatic rings. The second-order valence-electron chi connectivity index (χ2n) is 6.50. The van der Waals surface area contributed by atoms with Crippen LogP contribution in [0.15, 0.2) is 0 Å². The first-order chi connectivity index (χ1) is 8.39. The van der Waals surface area contributed by atoms with Crippen molar-refractivity contribution in [3.63, 3.8) is 0 Å². The molecule has 1 fully saturated rings. The van der Waals surface area contributed by atoms with E-state index in [-0.39, 0.29) is 11.3 Å². The van der Waals surface area contributed by atoms with E-state index in [1.165, 1.54) is 6.42 Å². The topological polar surface area (TPSA) is 41.1 Å². The molecule has 1 aliphatic heterocycles. The molecular weight excluding hydrogens is 224 g/mol. The average molecular weight is 254 g/mol. The smallest absolute Gasteiger partial charge is 0.226 e. The number of carbonyl (C=O) groups excluding carboxylic acids is 1. The zero-order valence-corrected chi connectivity index (χ0v) is 12.7. The molecule has 2 N–H and O–H groups in total. The van der Waals surface area contributed by atoms with Gasteiger partial charge in [0.25, 0.3) is 0 Å². The van der Waals surface area contributed by atoms with Crippen LogP contribution in [0.5, 0.6) is 0 Å². The monoisotopic (exact) mass is 254 g/mol. The van der Waals surface area contributed by atoms with E-state index in [1.807, 2.05) is 0 Å². The van der Waals surface area contributed by atoms with Gasteiger partial charge in [0.15, 0.2) is 0 Å². The van der Waals surface area contributed by atoms with E-state index < -0.39 is 0 Å². The van der Waals surface area contributed by atoms with Crippen LogP contribution in [0.25, 0.3) is 0 Å². The van der Waals surface area contributed by atoms with Crippen LogP contribution in [-0.2, 0) is 4.79 Å². The van der Waals surface area contributed by atoms with Gasteiger partial charge in [-0.15, -0.1) is 0 Å². The Balaban J connectivity index is 2.62. The first-order valence-electron chi connectivity index (χ1n) is 7.41. The molecule has 0 aliphatic carbocycles. The van der Waals surface area contributed by atoms with E-state index in [0.29, 0.717) is 17.9 Å². The van der Waals surface area contributed by atoms with Crippen molar-refractivity contribution >= 4 is 5.91 Å². The summed E-state index contributed by atoms with van der Waals surface area (Å²) in [6, 6.07) is 0.299. The molecule has 0 radical (unpaired) electrons. The summed E-state index contributed by atoms with van der Waals surface area (Å²) in [6.45, 7) is 12.7. The average Bonchev–Trinajstić information content (AvgIpc) is 2.36. The normalized spacial score (nSPS) is 22.9. The van der Waals surface area contributed by atoms with Crippen LogP contribution >= 0.6 is 0 Å². The van der Waals surface area contributed by atoms with Crippen LogP contribution in [0.2, 0.25) is 0 Å². The Morgan fingerprint density at radius 2 is 2.11 bits per heavy atom. The highest BCUT2D eigenvalue weighted by Gasteiger charge is 2.38. The number of amides is 1. The molecule has 1 rings (SSSR count). The molecule has 0 spiro atoms. The lowest BCUT2D eigenvalue weighted by Crippen LogP contribution is -2.50. The molecule has 1 amide bonds. The molecule has 1 saturated heterocycles. The SMILES string of the molecule is CCC(NC(=O)C(C)(C)C1CCCNC1)C(C)C. The highest BCUT2D eigenvalue weighted by Crippen LogP contribution is 2.32. The fraction of sp³-hybridized carbons (Fsp3) is 0.933. The van der Waals surface area contributed by atoms with E-state index in [0.717, 1.165) is 25.9 Å². The lowest BCUT2D eigenvalue weighted by molar-refractivity contribution is -0.133. The van der Waals surface area contributed by atoms with Gasteiger partial charge in [-0.05, 0) is 44.2 Å². The Labute approximate surface area is 112 Å². The zero-order chi connectivity index (χ0) is 13.8. The first kappa shape index (κ1) is 15.5. The van der Waals surface area contributed by atoms with Crippen molar-refractivity contribution in [3.05, 3.63) is 0 Å². The van der Waals surface area contributed by atoms with Crippen LogP contribution in [0.1, 0.15) is 53.9 Å². The minimum Gasteiger partial charge on any atom is -0.353 e. The van der Waals surface area contributed by atoms with E-state index in [9.17, 15) is 4.79 Å². The van der Waals surface area contributed by atoms with Crippen molar-refractivity contribution in [2.75, 3.05) is 13.1 Å². The van der Waals surface area contributed by atoms with Gasteiger partial charge in [-0.25, -0.2) is 0 Å². The third-order valence-corrected chi connectivity index (χ3v) is 4.46. The molecule has 106 valence electrons. The Hall–Kier alpha value is -0.570. The molecule has 2 atom stereocenters. The molecule has 3 nitrogen and oxygen atoms in total. The van der Waals surface area contributed by atoms with Crippen LogP contribution in [0.4, 0.5) is 0 Å². The number of hydrogen-bond donors (Lipinski definition) is 2. The van der Waals surface area contributed by atoms with E-state index >= 15 is 0 Å². The van der Waals surface area contributed by atoms with Gasteiger partial charge in [0.2, 0.25) is 5.91 Å². The van der Waals surface area contributed by atoms with Crippen molar-refractivity contribution < 1.29 is 4.79 Å². The Bertz CT molecular complexity index is 268. The van der Waals surface area contributed by atoms with E-state index in [1.54, 1.807) is 0 Å². The summed E-state index contributed by atoms with van der Waals surface area (Å²) >= 11 is 0. The third kappa shape index (κ3) is 3.71. The van der Waals surface area contributed by atoms with E-state index in [4.69, 9.17) is 0 Å². The van der Waals surface area contributed by atoms with Gasteiger partial charge in [-0.1, -0.05) is 34.6 Å². The van der Waals surface area contributed by atoms with Gasteiger partial charge in [0.05, 0.1) is 0 Å². The number of hydrogen-bond acceptors (Lipinski definition) is 2. The number of carbonyl (C=O) groups is 1. The van der Waals surface area contributed by atoms with Crippen LogP contribution in [-0.4, -0.2) is 25.0 Å². The summed E-state index contributed by atoms with van der Waals surface area (Å²) in [4.78, 5) is 12.5. The molecule has 0 saturated carbocycles. The summed E-state index contributed by atoms with van der Waals surface area (Å²) < 4.78 is 0. The van der Waals surface area contributed by atoms with Crippen LogP contribution in [0.3, 0.4) is 0 Å². The molecule has 0 aromatic heterocycles.